The minimum absolute atomic E-state index is 0.131. The van der Waals surface area contributed by atoms with Gasteiger partial charge in [0.1, 0.15) is 0 Å². The molecule has 0 amide bonds. The molecule has 4 heterocycles. The Kier molecular flexibility index (Phi) is 13.6. The number of hydrogen-bond donors (Lipinski definition) is 2. The Hall–Kier alpha value is -6.42. The first-order chi connectivity index (χ1) is 31.2. The van der Waals surface area contributed by atoms with Crippen LogP contribution in [0.1, 0.15) is 61.5 Å². The third-order valence-electron chi connectivity index (χ3n) is 11.9. The summed E-state index contributed by atoms with van der Waals surface area (Å²) >= 11 is 0. The summed E-state index contributed by atoms with van der Waals surface area (Å²) in [4.78, 5) is 51.8. The number of rotatable bonds is 12. The van der Waals surface area contributed by atoms with Crippen LogP contribution < -0.4 is 19.3 Å². The van der Waals surface area contributed by atoms with E-state index in [4.69, 9.17) is 14.6 Å². The largest absolute Gasteiger partial charge is 0.481 e. The number of anilines is 2. The molecule has 352 valence electrons. The monoisotopic (exact) mass is 942 g/mol. The Morgan fingerprint density at radius 1 is 0.515 bits per heavy atom. The highest BCUT2D eigenvalue weighted by Gasteiger charge is 2.47. The zero-order valence-electron chi connectivity index (χ0n) is 34.1. The van der Waals surface area contributed by atoms with Crippen molar-refractivity contribution in [2.75, 3.05) is 49.2 Å². The Bertz CT molecular complexity index is 2480. The zero-order valence-corrected chi connectivity index (χ0v) is 34.1. The summed E-state index contributed by atoms with van der Waals surface area (Å²) in [6, 6.07) is 12.6. The van der Waals surface area contributed by atoms with Gasteiger partial charge in [-0.3, -0.25) is 19.2 Å². The van der Waals surface area contributed by atoms with E-state index in [1.165, 1.54) is 24.3 Å². The number of piperidine rings is 2. The predicted octanol–water partition coefficient (Wildman–Crippen LogP) is 7.83. The lowest BCUT2D eigenvalue weighted by Gasteiger charge is -2.32. The summed E-state index contributed by atoms with van der Waals surface area (Å²) < 4.78 is 157. The minimum atomic E-state index is -2.55. The van der Waals surface area contributed by atoms with Crippen LogP contribution in [0.25, 0.3) is 0 Å². The number of carbonyl (C=O) groups excluding carboxylic acids is 2. The van der Waals surface area contributed by atoms with Gasteiger partial charge in [0.25, 0.3) is 0 Å². The molecule has 4 fully saturated rings. The van der Waals surface area contributed by atoms with Crippen LogP contribution in [-0.4, -0.2) is 84.7 Å². The highest BCUT2D eigenvalue weighted by Crippen LogP contribution is 2.41. The van der Waals surface area contributed by atoms with Crippen molar-refractivity contribution >= 4 is 35.3 Å². The van der Waals surface area contributed by atoms with E-state index >= 15 is 0 Å². The molecule has 0 aliphatic carbocycles. The molecule has 4 aromatic carbocycles. The Morgan fingerprint density at radius 3 is 1.18 bits per heavy atom. The van der Waals surface area contributed by atoms with Gasteiger partial charge in [-0.2, -0.15) is 17.6 Å². The van der Waals surface area contributed by atoms with Crippen molar-refractivity contribution in [3.05, 3.63) is 118 Å². The topological polar surface area (TPSA) is 159 Å². The molecule has 2 unspecified atom stereocenters. The summed E-state index contributed by atoms with van der Waals surface area (Å²) in [5.41, 5.74) is 2.00. The average molecular weight is 943 g/mol. The normalized spacial score (nSPS) is 17.7. The molecular formula is C44H36F10N2O10. The van der Waals surface area contributed by atoms with E-state index < -0.39 is 118 Å². The van der Waals surface area contributed by atoms with Gasteiger partial charge in [-0.1, -0.05) is 24.3 Å². The standard InChI is InChI=1S/C28H17F10NO5.C16H19NO5/c29-15-17(31)21(35)25(22(36)18(15)32)43-14(40)9-13(27(41)44-26-23(37)19(33)16(30)20(34)24(26)38)11-1-3-12(4-2-11)39-7-5-28(6-8-39)10-42-28;18-14(19)9-13(15(20)21)11-1-3-12(4-2-11)17-7-5-16(6-8-17)10-22-16/h1-4,13H,5-10H2;1-4,13H,5-10H2,(H,18,19)(H,20,21). The van der Waals surface area contributed by atoms with Crippen LogP contribution in [0.2, 0.25) is 0 Å². The fraction of sp³-hybridized carbons (Fsp3) is 0.364. The number of carboxylic acids is 2. The van der Waals surface area contributed by atoms with Gasteiger partial charge >= 0.3 is 23.9 Å². The molecule has 4 aliphatic heterocycles. The molecule has 0 saturated carbocycles. The lowest BCUT2D eigenvalue weighted by atomic mass is 9.94. The van der Waals surface area contributed by atoms with Crippen LogP contribution in [0, 0.1) is 58.2 Å². The van der Waals surface area contributed by atoms with Crippen molar-refractivity contribution in [2.24, 2.45) is 0 Å². The molecule has 66 heavy (non-hydrogen) atoms. The first-order valence-electron chi connectivity index (χ1n) is 20.1. The van der Waals surface area contributed by atoms with Crippen LogP contribution in [0.5, 0.6) is 11.5 Å². The maximum absolute atomic E-state index is 14.2. The summed E-state index contributed by atoms with van der Waals surface area (Å²) in [7, 11) is 0. The number of carboxylic acid groups (broad SMARTS) is 2. The van der Waals surface area contributed by atoms with Gasteiger partial charge in [-0.15, -0.1) is 0 Å². The first kappa shape index (κ1) is 47.5. The number of nitrogens with zero attached hydrogens (tertiary/aromatic N) is 2. The molecule has 0 radical (unpaired) electrons. The molecule has 0 aromatic heterocycles. The number of aliphatic carboxylic acids is 2. The van der Waals surface area contributed by atoms with Crippen molar-refractivity contribution in [3.8, 4) is 11.5 Å². The van der Waals surface area contributed by atoms with Gasteiger partial charge in [0, 0.05) is 37.6 Å². The summed E-state index contributed by atoms with van der Waals surface area (Å²) in [6.45, 7) is 4.56. The lowest BCUT2D eigenvalue weighted by Crippen LogP contribution is -2.37. The van der Waals surface area contributed by atoms with Crippen LogP contribution in [-0.2, 0) is 28.7 Å². The molecule has 22 heteroatoms. The molecule has 4 aromatic rings. The van der Waals surface area contributed by atoms with Crippen molar-refractivity contribution in [1.82, 2.24) is 0 Å². The summed E-state index contributed by atoms with van der Waals surface area (Å²) in [5.74, 6) is -37.8. The minimum Gasteiger partial charge on any atom is -0.481 e. The van der Waals surface area contributed by atoms with E-state index in [1.807, 2.05) is 17.0 Å². The van der Waals surface area contributed by atoms with Crippen molar-refractivity contribution in [1.29, 1.82) is 0 Å². The second kappa shape index (κ2) is 18.8. The van der Waals surface area contributed by atoms with Crippen LogP contribution in [0.15, 0.2) is 48.5 Å². The highest BCUT2D eigenvalue weighted by atomic mass is 19.2. The van der Waals surface area contributed by atoms with Gasteiger partial charge < -0.3 is 39.0 Å². The number of benzene rings is 4. The summed E-state index contributed by atoms with van der Waals surface area (Å²) in [6.07, 6.45) is 1.79. The third kappa shape index (κ3) is 10.0. The van der Waals surface area contributed by atoms with E-state index in [-0.39, 0.29) is 16.8 Å². The number of esters is 2. The van der Waals surface area contributed by atoms with Gasteiger partial charge in [0.15, 0.2) is 0 Å². The maximum atomic E-state index is 14.2. The van der Waals surface area contributed by atoms with E-state index in [1.54, 1.807) is 12.1 Å². The number of hydrogen-bond acceptors (Lipinski definition) is 10. The maximum Gasteiger partial charge on any atom is 0.319 e. The lowest BCUT2D eigenvalue weighted by molar-refractivity contribution is -0.145. The summed E-state index contributed by atoms with van der Waals surface area (Å²) in [5, 5.41) is 18.0. The van der Waals surface area contributed by atoms with E-state index in [9.17, 15) is 68.2 Å². The van der Waals surface area contributed by atoms with Crippen molar-refractivity contribution < 1.29 is 92.2 Å². The second-order valence-electron chi connectivity index (χ2n) is 16.0. The van der Waals surface area contributed by atoms with Crippen LogP contribution in [0.4, 0.5) is 55.3 Å². The quantitative estimate of drug-likeness (QED) is 0.0355. The second-order valence-corrected chi connectivity index (χ2v) is 16.0. The van der Waals surface area contributed by atoms with Gasteiger partial charge in [-0.25, -0.2) is 26.3 Å². The Labute approximate surface area is 367 Å². The highest BCUT2D eigenvalue weighted by molar-refractivity contribution is 5.87. The first-order valence-corrected chi connectivity index (χ1v) is 20.1. The van der Waals surface area contributed by atoms with Gasteiger partial charge in [0.05, 0.1) is 49.1 Å². The number of epoxide rings is 2. The number of halogens is 10. The van der Waals surface area contributed by atoms with Crippen molar-refractivity contribution in [2.45, 2.75) is 61.6 Å². The van der Waals surface area contributed by atoms with Crippen LogP contribution >= 0.6 is 0 Å². The Morgan fingerprint density at radius 2 is 0.848 bits per heavy atom. The van der Waals surface area contributed by atoms with Crippen LogP contribution in [0.3, 0.4) is 0 Å². The van der Waals surface area contributed by atoms with Gasteiger partial charge in [0.2, 0.25) is 69.7 Å². The number of ether oxygens (including phenoxy) is 4. The third-order valence-corrected chi connectivity index (χ3v) is 11.9. The molecule has 2 atom stereocenters. The predicted molar refractivity (Wildman–Crippen MR) is 207 cm³/mol. The molecule has 4 saturated heterocycles. The molecule has 2 spiro atoms. The fourth-order valence-electron chi connectivity index (χ4n) is 7.66. The van der Waals surface area contributed by atoms with E-state index in [0.717, 1.165) is 51.1 Å². The SMILES string of the molecule is O=C(CC(C(=O)Oc1c(F)c(F)c(F)c(F)c1F)c1ccc(N2CCC3(CC2)CO3)cc1)Oc1c(F)c(F)c(F)c(F)c1F.O=C(O)CC(C(=O)O)c1ccc(N2CCC3(CC2)CO3)cc1. The molecule has 8 rings (SSSR count). The molecule has 2 N–H and O–H groups in total. The van der Waals surface area contributed by atoms with E-state index in [0.29, 0.717) is 30.9 Å². The fourth-order valence-corrected chi connectivity index (χ4v) is 7.66. The average Bonchev–Trinajstić information content (AvgIpc) is 4.26. The number of carbonyl (C=O) groups is 4. The Balaban J connectivity index is 0.000000245. The smallest absolute Gasteiger partial charge is 0.319 e. The molecule has 0 bridgehead atoms. The molecular weight excluding hydrogens is 906 g/mol. The molecule has 12 nitrogen and oxygen atoms in total. The van der Waals surface area contributed by atoms with Crippen molar-refractivity contribution in [3.63, 3.8) is 0 Å². The van der Waals surface area contributed by atoms with E-state index in [2.05, 4.69) is 14.4 Å². The molecule has 4 aliphatic rings. The zero-order chi connectivity index (χ0) is 47.8. The van der Waals surface area contributed by atoms with Gasteiger partial charge in [-0.05, 0) is 61.1 Å².